The van der Waals surface area contributed by atoms with E-state index >= 15 is 0 Å². The van der Waals surface area contributed by atoms with E-state index in [4.69, 9.17) is 21.4 Å². The Balaban J connectivity index is 2.17. The van der Waals surface area contributed by atoms with Crippen molar-refractivity contribution in [2.75, 3.05) is 13.7 Å². The normalized spacial score (nSPS) is 16.7. The van der Waals surface area contributed by atoms with E-state index in [0.717, 1.165) is 30.0 Å². The van der Waals surface area contributed by atoms with Crippen molar-refractivity contribution >= 4 is 5.70 Å². The lowest BCUT2D eigenvalue weighted by molar-refractivity contribution is 0.153. The molecule has 134 valence electrons. The molecule has 1 saturated carbocycles. The fraction of sp³-hybridized carbons (Fsp3) is 0.611. The number of nitrogens with zero attached hydrogens (tertiary/aromatic N) is 2. The summed E-state index contributed by atoms with van der Waals surface area (Å²) >= 11 is 0. The Morgan fingerprint density at radius 3 is 2.62 bits per heavy atom. The maximum atomic E-state index is 9.03. The van der Waals surface area contributed by atoms with E-state index in [1.165, 1.54) is 24.3 Å². The van der Waals surface area contributed by atoms with E-state index < -0.39 is 0 Å². The predicted molar refractivity (Wildman–Crippen MR) is 95.9 cm³/mol. The van der Waals surface area contributed by atoms with Gasteiger partial charge in [-0.15, -0.1) is 0 Å². The number of pyridine rings is 1. The molecule has 0 spiro atoms. The Bertz CT molecular complexity index is 566. The van der Waals surface area contributed by atoms with Gasteiger partial charge in [-0.3, -0.25) is 0 Å². The smallest absolute Gasteiger partial charge is 0.140 e. The molecular formula is C18H30N4O2. The first-order valence-corrected chi connectivity index (χ1v) is 8.75. The van der Waals surface area contributed by atoms with Crippen molar-refractivity contribution in [3.8, 4) is 5.75 Å². The van der Waals surface area contributed by atoms with Crippen LogP contribution < -0.4 is 16.3 Å². The molecule has 6 heteroatoms. The molecule has 0 aromatic carbocycles. The number of rotatable bonds is 7. The van der Waals surface area contributed by atoms with Crippen molar-refractivity contribution in [3.05, 3.63) is 29.2 Å². The molecule has 24 heavy (non-hydrogen) atoms. The first-order chi connectivity index (χ1) is 11.5. The highest BCUT2D eigenvalue weighted by molar-refractivity contribution is 5.63. The second kappa shape index (κ2) is 8.89. The third-order valence-corrected chi connectivity index (χ3v) is 4.47. The van der Waals surface area contributed by atoms with Crippen LogP contribution in [0.5, 0.6) is 5.75 Å². The van der Waals surface area contributed by atoms with Crippen LogP contribution in [0, 0.1) is 6.92 Å². The van der Waals surface area contributed by atoms with Gasteiger partial charge in [0.1, 0.15) is 5.75 Å². The van der Waals surface area contributed by atoms with Crippen LogP contribution in [0.2, 0.25) is 0 Å². The van der Waals surface area contributed by atoms with Crippen molar-refractivity contribution in [1.29, 1.82) is 0 Å². The van der Waals surface area contributed by atoms with Crippen LogP contribution in [0.1, 0.15) is 56.3 Å². The minimum atomic E-state index is 0.102. The number of hydrogen-bond acceptors (Lipinski definition) is 6. The zero-order valence-electron chi connectivity index (χ0n) is 14.8. The van der Waals surface area contributed by atoms with Gasteiger partial charge in [0.05, 0.1) is 28.9 Å². The maximum absolute atomic E-state index is 9.03. The van der Waals surface area contributed by atoms with Gasteiger partial charge in [0.2, 0.25) is 0 Å². The summed E-state index contributed by atoms with van der Waals surface area (Å²) in [6.07, 6.45) is 7.53. The van der Waals surface area contributed by atoms with E-state index in [-0.39, 0.29) is 6.61 Å². The van der Waals surface area contributed by atoms with Crippen LogP contribution in [-0.2, 0) is 0 Å². The average molecular weight is 334 g/mol. The second-order valence-electron chi connectivity index (χ2n) is 6.46. The number of aryl methyl sites for hydroxylation is 1. The van der Waals surface area contributed by atoms with Crippen LogP contribution in [0.4, 0.5) is 0 Å². The zero-order chi connectivity index (χ0) is 17.5. The topological polar surface area (TPSA) is 97.6 Å². The van der Waals surface area contributed by atoms with Crippen LogP contribution in [-0.4, -0.2) is 34.9 Å². The number of aliphatic hydroxyl groups excluding tert-OH is 1. The number of allylic oxidation sites excluding steroid dienone is 1. The first-order valence-electron chi connectivity index (χ1n) is 8.75. The average Bonchev–Trinajstić information content (AvgIpc) is 2.57. The molecule has 6 nitrogen and oxygen atoms in total. The van der Waals surface area contributed by atoms with E-state index in [1.807, 2.05) is 19.1 Å². The second-order valence-corrected chi connectivity index (χ2v) is 6.46. The molecule has 1 aromatic rings. The fourth-order valence-corrected chi connectivity index (χ4v) is 3.08. The van der Waals surface area contributed by atoms with Crippen molar-refractivity contribution in [3.63, 3.8) is 0 Å². The van der Waals surface area contributed by atoms with E-state index in [9.17, 15) is 0 Å². The lowest BCUT2D eigenvalue weighted by Crippen LogP contribution is -2.28. The minimum absolute atomic E-state index is 0.102. The molecule has 2 rings (SSSR count). The highest BCUT2D eigenvalue weighted by Gasteiger charge is 2.17. The van der Waals surface area contributed by atoms with Crippen LogP contribution >= 0.6 is 0 Å². The van der Waals surface area contributed by atoms with Crippen LogP contribution in [0.15, 0.2) is 17.8 Å². The Labute approximate surface area is 144 Å². The van der Waals surface area contributed by atoms with Gasteiger partial charge in [-0.25, -0.2) is 10.8 Å². The molecule has 1 aliphatic rings. The summed E-state index contributed by atoms with van der Waals surface area (Å²) in [5.74, 6) is 6.70. The number of ether oxygens (including phenoxy) is 1. The summed E-state index contributed by atoms with van der Waals surface area (Å²) in [5, 5.41) is 10.5. The quantitative estimate of drug-likeness (QED) is 0.523. The van der Waals surface area contributed by atoms with Gasteiger partial charge in [0, 0.05) is 13.7 Å². The first kappa shape index (κ1) is 18.5. The van der Waals surface area contributed by atoms with Crippen LogP contribution in [0.25, 0.3) is 5.70 Å². The number of aliphatic hydroxyl groups is 1. The summed E-state index contributed by atoms with van der Waals surface area (Å²) in [6.45, 7) is 2.04. The highest BCUT2D eigenvalue weighted by Crippen LogP contribution is 2.26. The molecule has 1 fully saturated rings. The molecule has 1 aromatic heterocycles. The van der Waals surface area contributed by atoms with Gasteiger partial charge in [0.25, 0.3) is 0 Å². The van der Waals surface area contributed by atoms with Crippen molar-refractivity contribution in [2.24, 2.45) is 11.6 Å². The van der Waals surface area contributed by atoms with Gasteiger partial charge >= 0.3 is 0 Å². The third-order valence-electron chi connectivity index (χ3n) is 4.47. The third kappa shape index (κ3) is 4.85. The Hall–Kier alpha value is -1.79. The molecule has 0 radical (unpaired) electrons. The predicted octanol–water partition coefficient (Wildman–Crippen LogP) is 2.31. The summed E-state index contributed by atoms with van der Waals surface area (Å²) in [5.41, 5.74) is 9.10. The Morgan fingerprint density at radius 1 is 1.33 bits per heavy atom. The molecule has 0 aliphatic heterocycles. The molecule has 0 amide bonds. The fourth-order valence-electron chi connectivity index (χ4n) is 3.08. The lowest BCUT2D eigenvalue weighted by atomic mass is 9.98. The van der Waals surface area contributed by atoms with E-state index in [0.29, 0.717) is 30.3 Å². The molecule has 0 unspecified atom stereocenters. The standard InChI is InChI=1S/C18H30N4O2/c1-13-17(24-14-7-4-3-5-8-14)11-10-15(21-13)18(19)16(22(2)20)9-6-12-23/h10-11,14,23H,3-9,12,19-20H2,1-2H3/b18-16-. The molecule has 0 saturated heterocycles. The lowest BCUT2D eigenvalue weighted by Gasteiger charge is -2.24. The van der Waals surface area contributed by atoms with Crippen molar-refractivity contribution < 1.29 is 9.84 Å². The van der Waals surface area contributed by atoms with Gasteiger partial charge in [-0.2, -0.15) is 0 Å². The maximum Gasteiger partial charge on any atom is 0.140 e. The van der Waals surface area contributed by atoms with Crippen molar-refractivity contribution in [1.82, 2.24) is 9.99 Å². The SMILES string of the molecule is Cc1nc(/C(N)=C(\CCCO)N(C)N)ccc1OC1CCCCC1. The molecular weight excluding hydrogens is 304 g/mol. The molecule has 0 bridgehead atoms. The Morgan fingerprint density at radius 2 is 2.04 bits per heavy atom. The van der Waals surface area contributed by atoms with E-state index in [1.54, 1.807) is 7.05 Å². The van der Waals surface area contributed by atoms with E-state index in [2.05, 4.69) is 4.98 Å². The minimum Gasteiger partial charge on any atom is -0.489 e. The van der Waals surface area contributed by atoms with Crippen molar-refractivity contribution in [2.45, 2.75) is 58.0 Å². The highest BCUT2D eigenvalue weighted by atomic mass is 16.5. The van der Waals surface area contributed by atoms with Gasteiger partial charge in [-0.1, -0.05) is 6.42 Å². The van der Waals surface area contributed by atoms with Gasteiger partial charge < -0.3 is 20.6 Å². The zero-order valence-corrected chi connectivity index (χ0v) is 14.8. The summed E-state index contributed by atoms with van der Waals surface area (Å²) < 4.78 is 6.11. The number of hydrazine groups is 1. The number of aromatic nitrogens is 1. The molecule has 5 N–H and O–H groups in total. The molecule has 1 heterocycles. The summed E-state index contributed by atoms with van der Waals surface area (Å²) in [6, 6.07) is 3.82. The molecule has 1 aliphatic carbocycles. The summed E-state index contributed by atoms with van der Waals surface area (Å²) in [4.78, 5) is 4.60. The monoisotopic (exact) mass is 334 g/mol. The molecule has 0 atom stereocenters. The summed E-state index contributed by atoms with van der Waals surface area (Å²) in [7, 11) is 1.74. The van der Waals surface area contributed by atoms with Gasteiger partial charge in [0.15, 0.2) is 0 Å². The Kier molecular flexibility index (Phi) is 6.87. The van der Waals surface area contributed by atoms with Crippen LogP contribution in [0.3, 0.4) is 0 Å². The largest absolute Gasteiger partial charge is 0.489 e. The number of nitrogens with two attached hydrogens (primary N) is 2. The van der Waals surface area contributed by atoms with Gasteiger partial charge in [-0.05, 0) is 57.6 Å². The number of hydrogen-bond donors (Lipinski definition) is 3.